The predicted molar refractivity (Wildman–Crippen MR) is 104 cm³/mol. The second-order valence-corrected chi connectivity index (χ2v) is 6.33. The highest BCUT2D eigenvalue weighted by molar-refractivity contribution is 6.30. The molecule has 0 saturated carbocycles. The fraction of sp³-hybridized carbons (Fsp3) is 0.158. The summed E-state index contributed by atoms with van der Waals surface area (Å²) in [6, 6.07) is 13.8. The molecule has 0 aliphatic carbocycles. The number of aromatic nitrogens is 2. The number of aryl methyl sites for hydroxylation is 2. The molecule has 2 aromatic carbocycles. The monoisotopic (exact) mass is 353 g/mol. The van der Waals surface area contributed by atoms with Gasteiger partial charge in [0.25, 0.3) is 0 Å². The van der Waals surface area contributed by atoms with Gasteiger partial charge in [0.2, 0.25) is 0 Å². The predicted octanol–water partition coefficient (Wildman–Crippen LogP) is 4.68. The van der Waals surface area contributed by atoms with Crippen LogP contribution in [0.1, 0.15) is 16.7 Å². The summed E-state index contributed by atoms with van der Waals surface area (Å²) in [4.78, 5) is 8.48. The average molecular weight is 354 g/mol. The molecule has 1 heterocycles. The topological polar surface area (TPSA) is 75.9 Å². The summed E-state index contributed by atoms with van der Waals surface area (Å²) in [6.45, 7) is 4.75. The maximum Gasteiger partial charge on any atom is 0.159 e. The number of halogens is 1. The van der Waals surface area contributed by atoms with Crippen molar-refractivity contribution in [1.82, 2.24) is 9.97 Å². The van der Waals surface area contributed by atoms with Crippen LogP contribution in [0.4, 0.5) is 23.0 Å². The van der Waals surface area contributed by atoms with Crippen LogP contribution < -0.4 is 16.4 Å². The normalized spacial score (nSPS) is 10.5. The molecular weight excluding hydrogens is 334 g/mol. The summed E-state index contributed by atoms with van der Waals surface area (Å²) in [5.74, 6) is 1.17. The third kappa shape index (κ3) is 4.19. The smallest absolute Gasteiger partial charge is 0.159 e. The zero-order valence-corrected chi connectivity index (χ0v) is 14.9. The number of nitrogens with one attached hydrogen (secondary N) is 2. The van der Waals surface area contributed by atoms with Gasteiger partial charge in [-0.05, 0) is 54.8 Å². The van der Waals surface area contributed by atoms with Gasteiger partial charge < -0.3 is 16.4 Å². The van der Waals surface area contributed by atoms with E-state index in [4.69, 9.17) is 17.3 Å². The highest BCUT2D eigenvalue weighted by Crippen LogP contribution is 2.27. The van der Waals surface area contributed by atoms with Gasteiger partial charge in [-0.2, -0.15) is 0 Å². The first-order chi connectivity index (χ1) is 12.0. The van der Waals surface area contributed by atoms with E-state index < -0.39 is 0 Å². The Morgan fingerprint density at radius 1 is 0.960 bits per heavy atom. The van der Waals surface area contributed by atoms with E-state index in [2.05, 4.69) is 46.6 Å². The van der Waals surface area contributed by atoms with Crippen molar-refractivity contribution in [3.8, 4) is 0 Å². The van der Waals surface area contributed by atoms with Crippen LogP contribution in [0.15, 0.2) is 48.8 Å². The maximum atomic E-state index is 6.22. The minimum absolute atomic E-state index is 0.481. The van der Waals surface area contributed by atoms with Crippen molar-refractivity contribution in [2.24, 2.45) is 0 Å². The minimum Gasteiger partial charge on any atom is -0.393 e. The Bertz CT molecular complexity index is 877. The second kappa shape index (κ2) is 7.40. The van der Waals surface area contributed by atoms with E-state index in [0.29, 0.717) is 28.9 Å². The van der Waals surface area contributed by atoms with E-state index in [1.807, 2.05) is 30.3 Å². The van der Waals surface area contributed by atoms with Gasteiger partial charge in [0.05, 0.1) is 0 Å². The summed E-state index contributed by atoms with van der Waals surface area (Å²) >= 11 is 5.90. The third-order valence-corrected chi connectivity index (χ3v) is 4.28. The fourth-order valence-corrected chi connectivity index (χ4v) is 2.51. The molecular formula is C19H20ClN5. The molecule has 1 aromatic heterocycles. The maximum absolute atomic E-state index is 6.22. The van der Waals surface area contributed by atoms with E-state index in [-0.39, 0.29) is 0 Å². The van der Waals surface area contributed by atoms with Crippen molar-refractivity contribution in [1.29, 1.82) is 0 Å². The first-order valence-corrected chi connectivity index (χ1v) is 8.34. The molecule has 3 aromatic rings. The lowest BCUT2D eigenvalue weighted by molar-refractivity contribution is 1.09. The van der Waals surface area contributed by atoms with Crippen LogP contribution in [0.5, 0.6) is 0 Å². The Balaban J connectivity index is 1.75. The summed E-state index contributed by atoms with van der Waals surface area (Å²) in [5, 5.41) is 7.20. The lowest BCUT2D eigenvalue weighted by Crippen LogP contribution is -2.08. The molecule has 0 atom stereocenters. The quantitative estimate of drug-likeness (QED) is 0.620. The van der Waals surface area contributed by atoms with Gasteiger partial charge in [-0.15, -0.1) is 0 Å². The standard InChI is InChI=1S/C19H20ClN5/c1-12-3-8-16(9-13(12)2)25-19-17(21)18(23-11-24-19)22-10-14-4-6-15(20)7-5-14/h3-9,11H,10,21H2,1-2H3,(H2,22,23,24,25). The largest absolute Gasteiger partial charge is 0.393 e. The molecule has 4 N–H and O–H groups in total. The third-order valence-electron chi connectivity index (χ3n) is 4.03. The number of hydrogen-bond acceptors (Lipinski definition) is 5. The van der Waals surface area contributed by atoms with Gasteiger partial charge in [0, 0.05) is 17.3 Å². The highest BCUT2D eigenvalue weighted by atomic mass is 35.5. The van der Waals surface area contributed by atoms with Crippen molar-refractivity contribution >= 4 is 34.6 Å². The Hall–Kier alpha value is -2.79. The zero-order chi connectivity index (χ0) is 17.8. The van der Waals surface area contributed by atoms with E-state index in [0.717, 1.165) is 11.3 Å². The molecule has 0 spiro atoms. The van der Waals surface area contributed by atoms with Crippen molar-refractivity contribution in [3.63, 3.8) is 0 Å². The molecule has 0 unspecified atom stereocenters. The highest BCUT2D eigenvalue weighted by Gasteiger charge is 2.09. The van der Waals surface area contributed by atoms with Gasteiger partial charge in [-0.3, -0.25) is 0 Å². The summed E-state index contributed by atoms with van der Waals surface area (Å²) < 4.78 is 0. The van der Waals surface area contributed by atoms with E-state index in [9.17, 15) is 0 Å². The van der Waals surface area contributed by atoms with Crippen LogP contribution in [0.25, 0.3) is 0 Å². The second-order valence-electron chi connectivity index (χ2n) is 5.89. The summed E-state index contributed by atoms with van der Waals surface area (Å²) in [7, 11) is 0. The minimum atomic E-state index is 0.481. The van der Waals surface area contributed by atoms with E-state index in [1.165, 1.54) is 17.5 Å². The Kier molecular flexibility index (Phi) is 5.05. The van der Waals surface area contributed by atoms with Gasteiger partial charge in [-0.25, -0.2) is 9.97 Å². The van der Waals surface area contributed by atoms with Crippen molar-refractivity contribution < 1.29 is 0 Å². The van der Waals surface area contributed by atoms with Crippen molar-refractivity contribution in [2.75, 3.05) is 16.4 Å². The van der Waals surface area contributed by atoms with Gasteiger partial charge in [-0.1, -0.05) is 29.8 Å². The summed E-state index contributed by atoms with van der Waals surface area (Å²) in [6.07, 6.45) is 1.49. The number of nitrogens with two attached hydrogens (primary N) is 1. The van der Waals surface area contributed by atoms with Crippen LogP contribution in [-0.2, 0) is 6.54 Å². The zero-order valence-electron chi connectivity index (χ0n) is 14.2. The Labute approximate surface area is 152 Å². The average Bonchev–Trinajstić information content (AvgIpc) is 2.60. The number of benzene rings is 2. The number of nitrogen functional groups attached to an aromatic ring is 1. The molecule has 25 heavy (non-hydrogen) atoms. The van der Waals surface area contributed by atoms with Crippen molar-refractivity contribution in [3.05, 3.63) is 70.5 Å². The van der Waals surface area contributed by atoms with Crippen molar-refractivity contribution in [2.45, 2.75) is 20.4 Å². The van der Waals surface area contributed by atoms with E-state index >= 15 is 0 Å². The molecule has 0 amide bonds. The fourth-order valence-electron chi connectivity index (χ4n) is 2.38. The molecule has 5 nitrogen and oxygen atoms in total. The Morgan fingerprint density at radius 3 is 2.40 bits per heavy atom. The van der Waals surface area contributed by atoms with Crippen LogP contribution in [0, 0.1) is 13.8 Å². The molecule has 128 valence electrons. The van der Waals surface area contributed by atoms with Gasteiger partial charge >= 0.3 is 0 Å². The molecule has 0 aliphatic heterocycles. The molecule has 3 rings (SSSR count). The van der Waals surface area contributed by atoms with Crippen LogP contribution in [-0.4, -0.2) is 9.97 Å². The van der Waals surface area contributed by atoms with Crippen LogP contribution in [0.2, 0.25) is 5.02 Å². The molecule has 0 aliphatic rings. The lowest BCUT2D eigenvalue weighted by Gasteiger charge is -2.13. The number of anilines is 4. The molecule has 0 fully saturated rings. The molecule has 0 radical (unpaired) electrons. The molecule has 0 saturated heterocycles. The van der Waals surface area contributed by atoms with Gasteiger partial charge in [0.1, 0.15) is 12.0 Å². The number of rotatable bonds is 5. The first kappa shape index (κ1) is 17.0. The van der Waals surface area contributed by atoms with E-state index in [1.54, 1.807) is 0 Å². The Morgan fingerprint density at radius 2 is 1.68 bits per heavy atom. The van der Waals surface area contributed by atoms with Crippen LogP contribution in [0.3, 0.4) is 0 Å². The van der Waals surface area contributed by atoms with Gasteiger partial charge in [0.15, 0.2) is 11.6 Å². The molecule has 0 bridgehead atoms. The number of hydrogen-bond donors (Lipinski definition) is 3. The lowest BCUT2D eigenvalue weighted by atomic mass is 10.1. The number of nitrogens with zero attached hydrogens (tertiary/aromatic N) is 2. The summed E-state index contributed by atoms with van der Waals surface area (Å²) in [5.41, 5.74) is 11.2. The van der Waals surface area contributed by atoms with Crippen LogP contribution >= 0.6 is 11.6 Å². The SMILES string of the molecule is Cc1ccc(Nc2ncnc(NCc3ccc(Cl)cc3)c2N)cc1C. The molecule has 6 heteroatoms. The first-order valence-electron chi connectivity index (χ1n) is 7.96.